The van der Waals surface area contributed by atoms with Crippen LogP contribution in [0.4, 0.5) is 5.69 Å². The summed E-state index contributed by atoms with van der Waals surface area (Å²) < 4.78 is 0. The second-order valence-electron chi connectivity index (χ2n) is 16.4. The van der Waals surface area contributed by atoms with Crippen LogP contribution in [-0.4, -0.2) is 0 Å². The first-order valence-electron chi connectivity index (χ1n) is 21.8. The van der Waals surface area contributed by atoms with Crippen LogP contribution in [0.1, 0.15) is 73.9 Å². The number of hydrogen-bond donors (Lipinski definition) is 1. The number of anilines is 1. The Labute approximate surface area is 363 Å². The van der Waals surface area contributed by atoms with Gasteiger partial charge in [0.2, 0.25) is 0 Å². The molecular weight excluding hydrogens is 735 g/mol. The molecule has 2 atom stereocenters. The van der Waals surface area contributed by atoms with E-state index >= 15 is 0 Å². The van der Waals surface area contributed by atoms with Crippen molar-refractivity contribution in [2.45, 2.75) is 46.0 Å². The van der Waals surface area contributed by atoms with E-state index < -0.39 is 5.41 Å². The third-order valence-electron chi connectivity index (χ3n) is 12.6. The Morgan fingerprint density at radius 1 is 0.705 bits per heavy atom. The molecule has 1 nitrogen and oxygen atoms in total. The van der Waals surface area contributed by atoms with Crippen LogP contribution in [0, 0.1) is 5.92 Å². The van der Waals surface area contributed by atoms with Crippen molar-refractivity contribution in [2.75, 3.05) is 5.32 Å². The van der Waals surface area contributed by atoms with Gasteiger partial charge in [0.1, 0.15) is 0 Å². The first kappa shape index (κ1) is 39.5. The predicted molar refractivity (Wildman–Crippen MR) is 263 cm³/mol. The Morgan fingerprint density at radius 2 is 1.51 bits per heavy atom. The highest BCUT2D eigenvalue weighted by atomic mass is 14.9. The Morgan fingerprint density at radius 3 is 2.34 bits per heavy atom. The zero-order valence-electron chi connectivity index (χ0n) is 35.7. The van der Waals surface area contributed by atoms with Gasteiger partial charge in [-0.3, -0.25) is 0 Å². The lowest BCUT2D eigenvalue weighted by atomic mass is 9.67. The van der Waals surface area contributed by atoms with Gasteiger partial charge in [0.05, 0.1) is 5.41 Å². The van der Waals surface area contributed by atoms with Crippen LogP contribution < -0.4 is 5.32 Å². The molecule has 0 saturated carbocycles. The lowest BCUT2D eigenvalue weighted by Gasteiger charge is -2.35. The van der Waals surface area contributed by atoms with Crippen molar-refractivity contribution >= 4 is 22.9 Å². The fraction of sp³-hybridized carbons (Fsp3) is 0.133. The van der Waals surface area contributed by atoms with Gasteiger partial charge in [-0.05, 0) is 142 Å². The summed E-state index contributed by atoms with van der Waals surface area (Å²) in [6.07, 6.45) is 37.6. The Kier molecular flexibility index (Phi) is 11.2. The molecule has 0 heterocycles. The molecule has 1 N–H and O–H groups in total. The normalized spacial score (nSPS) is 19.5. The fourth-order valence-electron chi connectivity index (χ4n) is 9.53. The summed E-state index contributed by atoms with van der Waals surface area (Å²) in [4.78, 5) is 0. The van der Waals surface area contributed by atoms with Gasteiger partial charge in [0.15, 0.2) is 0 Å². The van der Waals surface area contributed by atoms with Crippen LogP contribution in [0.3, 0.4) is 0 Å². The van der Waals surface area contributed by atoms with Crippen molar-refractivity contribution < 1.29 is 0 Å². The molecule has 4 aliphatic rings. The molecule has 0 aliphatic heterocycles. The summed E-state index contributed by atoms with van der Waals surface area (Å²) in [5.74, 6) is 0.366. The van der Waals surface area contributed by atoms with Crippen molar-refractivity contribution in [1.82, 2.24) is 0 Å². The van der Waals surface area contributed by atoms with Crippen molar-refractivity contribution in [1.29, 1.82) is 0 Å². The van der Waals surface area contributed by atoms with E-state index in [-0.39, 0.29) is 0 Å². The van der Waals surface area contributed by atoms with E-state index in [1.165, 1.54) is 83.5 Å². The molecule has 0 bridgehead atoms. The maximum absolute atomic E-state index is 3.93. The molecule has 2 unspecified atom stereocenters. The third-order valence-corrected chi connectivity index (χ3v) is 12.6. The topological polar surface area (TPSA) is 12.0 Å². The maximum Gasteiger partial charge on any atom is 0.0714 e. The van der Waals surface area contributed by atoms with Gasteiger partial charge in [0.25, 0.3) is 0 Å². The zero-order chi connectivity index (χ0) is 41.8. The quantitative estimate of drug-likeness (QED) is 0.132. The summed E-state index contributed by atoms with van der Waals surface area (Å²) >= 11 is 0. The van der Waals surface area contributed by atoms with Crippen LogP contribution in [0.15, 0.2) is 229 Å². The molecule has 0 amide bonds. The van der Waals surface area contributed by atoms with E-state index in [4.69, 9.17) is 0 Å². The molecule has 5 aromatic carbocycles. The first-order chi connectivity index (χ1) is 30.0. The average molecular weight is 788 g/mol. The van der Waals surface area contributed by atoms with Gasteiger partial charge >= 0.3 is 0 Å². The fourth-order valence-corrected chi connectivity index (χ4v) is 9.53. The van der Waals surface area contributed by atoms with Crippen LogP contribution >= 0.6 is 0 Å². The summed E-state index contributed by atoms with van der Waals surface area (Å²) in [5.41, 5.74) is 20.8. The standard InChI is InChI=1S/C60H53N/c1-5-7-9-20-44(6-2)32-33-48-40-46(34-37-53(48)52-27-15-19-43(52)4)45-21-16-22-47(39-45)54-28-17-30-59(54)61-51-36-38-56-55-26-12-13-29-57(55)60(58(56)41-51,49-23-10-8-11-24-49)50-25-14-18-42(3)31-35-50/h5-16,18-26,28-42,61H,17,27H2,1-4H3/b7-5-,20-9-,33-32-,44-6-. The van der Waals surface area contributed by atoms with Crippen molar-refractivity contribution in [3.05, 3.63) is 262 Å². The molecule has 5 aromatic rings. The number of rotatable bonds is 11. The minimum Gasteiger partial charge on any atom is -0.355 e. The molecule has 9 rings (SSSR count). The van der Waals surface area contributed by atoms with Gasteiger partial charge in [-0.2, -0.15) is 0 Å². The number of hydrogen-bond acceptors (Lipinski definition) is 1. The van der Waals surface area contributed by atoms with E-state index in [1.54, 1.807) is 0 Å². The average Bonchev–Trinajstić information content (AvgIpc) is 3.98. The smallest absolute Gasteiger partial charge is 0.0714 e. The van der Waals surface area contributed by atoms with Crippen LogP contribution in [-0.2, 0) is 5.41 Å². The summed E-state index contributed by atoms with van der Waals surface area (Å²) in [7, 11) is 0. The molecule has 0 aromatic heterocycles. The zero-order valence-corrected chi connectivity index (χ0v) is 35.7. The van der Waals surface area contributed by atoms with Gasteiger partial charge in [-0.15, -0.1) is 0 Å². The van der Waals surface area contributed by atoms with Crippen molar-refractivity contribution in [3.8, 4) is 22.3 Å². The van der Waals surface area contributed by atoms with Crippen molar-refractivity contribution in [3.63, 3.8) is 0 Å². The molecular formula is C60H53N. The van der Waals surface area contributed by atoms with Gasteiger partial charge < -0.3 is 5.32 Å². The monoisotopic (exact) mass is 787 g/mol. The summed E-state index contributed by atoms with van der Waals surface area (Å²) in [5, 5.41) is 3.93. The van der Waals surface area contributed by atoms with E-state index in [0.29, 0.717) is 5.92 Å². The number of fused-ring (bicyclic) bond motifs is 3. The minimum absolute atomic E-state index is 0.366. The summed E-state index contributed by atoms with van der Waals surface area (Å²) in [6, 6.07) is 43.1. The molecule has 0 radical (unpaired) electrons. The van der Waals surface area contributed by atoms with Crippen molar-refractivity contribution in [2.24, 2.45) is 5.92 Å². The second kappa shape index (κ2) is 17.3. The highest BCUT2D eigenvalue weighted by molar-refractivity contribution is 5.91. The van der Waals surface area contributed by atoms with E-state index in [2.05, 4.69) is 239 Å². The van der Waals surface area contributed by atoms with Crippen LogP contribution in [0.5, 0.6) is 0 Å². The van der Waals surface area contributed by atoms with Crippen LogP contribution in [0.25, 0.3) is 39.5 Å². The third kappa shape index (κ3) is 7.58. The lowest BCUT2D eigenvalue weighted by Crippen LogP contribution is -2.29. The van der Waals surface area contributed by atoms with E-state index in [0.717, 1.165) is 24.2 Å². The minimum atomic E-state index is -0.461. The molecule has 61 heavy (non-hydrogen) atoms. The van der Waals surface area contributed by atoms with Crippen LogP contribution in [0.2, 0.25) is 0 Å². The highest BCUT2D eigenvalue weighted by Crippen LogP contribution is 2.57. The Hall–Kier alpha value is -6.96. The van der Waals surface area contributed by atoms with Gasteiger partial charge in [-0.1, -0.05) is 195 Å². The Balaban J connectivity index is 1.06. The SMILES string of the molecule is C\C=C/C=C\C(\C=C/c1cc(-c2cccc(C3=CCC=C3Nc3ccc4c(c3)C(C3=CC=CC(C)C=C3)(c3ccccc3)c3ccccc3-4)c2)ccc1C1=C(C)C=CC1)=C\C. The maximum atomic E-state index is 3.93. The summed E-state index contributed by atoms with van der Waals surface area (Å²) in [6.45, 7) is 8.61. The Bertz CT molecular complexity index is 2850. The first-order valence-corrected chi connectivity index (χ1v) is 21.8. The molecule has 298 valence electrons. The highest BCUT2D eigenvalue weighted by Gasteiger charge is 2.46. The number of nitrogens with one attached hydrogen (secondary N) is 1. The van der Waals surface area contributed by atoms with E-state index in [9.17, 15) is 0 Å². The van der Waals surface area contributed by atoms with E-state index in [1.807, 2.05) is 6.92 Å². The molecule has 0 saturated heterocycles. The second-order valence-corrected chi connectivity index (χ2v) is 16.4. The number of allylic oxidation sites excluding steroid dienone is 20. The molecule has 0 fully saturated rings. The number of benzene rings is 5. The molecule has 1 heteroatoms. The van der Waals surface area contributed by atoms with Gasteiger partial charge in [0, 0.05) is 17.0 Å². The molecule has 0 spiro atoms. The predicted octanol–water partition coefficient (Wildman–Crippen LogP) is 16.0. The largest absolute Gasteiger partial charge is 0.355 e. The molecule has 4 aliphatic carbocycles. The lowest BCUT2D eigenvalue weighted by molar-refractivity contribution is 0.766. The van der Waals surface area contributed by atoms with Gasteiger partial charge in [-0.25, -0.2) is 0 Å².